The molecule has 1 aromatic heterocycles. The van der Waals surface area contributed by atoms with Gasteiger partial charge in [0.15, 0.2) is 11.4 Å². The SMILES string of the molecule is Brc1cccc2c(NC3CC3)noc12. The van der Waals surface area contributed by atoms with Crippen molar-refractivity contribution in [3.63, 3.8) is 0 Å². The Kier molecular flexibility index (Phi) is 1.77. The molecule has 1 aliphatic rings. The van der Waals surface area contributed by atoms with E-state index in [1.54, 1.807) is 0 Å². The van der Waals surface area contributed by atoms with Crippen LogP contribution in [-0.2, 0) is 0 Å². The van der Waals surface area contributed by atoms with E-state index < -0.39 is 0 Å². The molecule has 1 saturated carbocycles. The highest BCUT2D eigenvalue weighted by Gasteiger charge is 2.23. The average Bonchev–Trinajstić information content (AvgIpc) is 2.88. The molecule has 0 radical (unpaired) electrons. The lowest BCUT2D eigenvalue weighted by molar-refractivity contribution is 0.458. The molecule has 14 heavy (non-hydrogen) atoms. The largest absolute Gasteiger partial charge is 0.364 e. The lowest BCUT2D eigenvalue weighted by Crippen LogP contribution is -2.00. The summed E-state index contributed by atoms with van der Waals surface area (Å²) in [5.41, 5.74) is 0.815. The summed E-state index contributed by atoms with van der Waals surface area (Å²) in [6.45, 7) is 0. The van der Waals surface area contributed by atoms with E-state index in [1.165, 1.54) is 12.8 Å². The van der Waals surface area contributed by atoms with Gasteiger partial charge >= 0.3 is 0 Å². The van der Waals surface area contributed by atoms with Crippen molar-refractivity contribution in [2.45, 2.75) is 18.9 Å². The third-order valence-corrected chi connectivity index (χ3v) is 2.99. The van der Waals surface area contributed by atoms with Crippen molar-refractivity contribution in [3.05, 3.63) is 22.7 Å². The second-order valence-electron chi connectivity index (χ2n) is 3.57. The van der Waals surface area contributed by atoms with E-state index in [1.807, 2.05) is 18.2 Å². The van der Waals surface area contributed by atoms with E-state index in [0.717, 1.165) is 21.3 Å². The highest BCUT2D eigenvalue weighted by Crippen LogP contribution is 2.32. The van der Waals surface area contributed by atoms with Gasteiger partial charge in [-0.1, -0.05) is 11.2 Å². The minimum atomic E-state index is 0.599. The summed E-state index contributed by atoms with van der Waals surface area (Å²) in [4.78, 5) is 0. The van der Waals surface area contributed by atoms with Crippen LogP contribution in [0, 0.1) is 0 Å². The van der Waals surface area contributed by atoms with Crippen LogP contribution in [0.1, 0.15) is 12.8 Å². The molecule has 72 valence electrons. The van der Waals surface area contributed by atoms with E-state index >= 15 is 0 Å². The topological polar surface area (TPSA) is 38.1 Å². The van der Waals surface area contributed by atoms with Crippen LogP contribution >= 0.6 is 15.9 Å². The highest BCUT2D eigenvalue weighted by atomic mass is 79.9. The van der Waals surface area contributed by atoms with Crippen LogP contribution in [0.3, 0.4) is 0 Å². The first kappa shape index (κ1) is 8.29. The maximum Gasteiger partial charge on any atom is 0.183 e. The minimum Gasteiger partial charge on any atom is -0.364 e. The van der Waals surface area contributed by atoms with Gasteiger partial charge in [-0.15, -0.1) is 0 Å². The summed E-state index contributed by atoms with van der Waals surface area (Å²) in [5, 5.41) is 8.41. The smallest absolute Gasteiger partial charge is 0.183 e. The number of nitrogens with one attached hydrogen (secondary N) is 1. The van der Waals surface area contributed by atoms with Gasteiger partial charge < -0.3 is 9.84 Å². The zero-order valence-corrected chi connectivity index (χ0v) is 9.04. The van der Waals surface area contributed by atoms with Crippen LogP contribution < -0.4 is 5.32 Å². The zero-order chi connectivity index (χ0) is 9.54. The summed E-state index contributed by atoms with van der Waals surface area (Å²) in [6, 6.07) is 6.56. The molecule has 1 aromatic carbocycles. The van der Waals surface area contributed by atoms with Gasteiger partial charge in [0.25, 0.3) is 0 Å². The number of rotatable bonds is 2. The Morgan fingerprint density at radius 1 is 1.43 bits per heavy atom. The maximum absolute atomic E-state index is 5.25. The Labute approximate surface area is 89.6 Å². The summed E-state index contributed by atoms with van der Waals surface area (Å²) in [5.74, 6) is 0.865. The summed E-state index contributed by atoms with van der Waals surface area (Å²) in [6.07, 6.45) is 2.48. The van der Waals surface area contributed by atoms with E-state index in [2.05, 4.69) is 26.4 Å². The average molecular weight is 253 g/mol. The fourth-order valence-electron chi connectivity index (χ4n) is 1.45. The van der Waals surface area contributed by atoms with Crippen LogP contribution in [-0.4, -0.2) is 11.2 Å². The lowest BCUT2D eigenvalue weighted by Gasteiger charge is -1.97. The zero-order valence-electron chi connectivity index (χ0n) is 7.46. The standard InChI is InChI=1S/C10H9BrN2O/c11-8-3-1-2-7-9(8)14-13-10(7)12-6-4-5-6/h1-3,6H,4-5H2,(H,12,13). The summed E-state index contributed by atoms with van der Waals surface area (Å²) < 4.78 is 6.20. The molecule has 0 atom stereocenters. The number of halogens is 1. The molecule has 3 nitrogen and oxygen atoms in total. The number of para-hydroxylation sites is 1. The van der Waals surface area contributed by atoms with Crippen molar-refractivity contribution in [1.29, 1.82) is 0 Å². The fourth-order valence-corrected chi connectivity index (χ4v) is 1.89. The second kappa shape index (κ2) is 2.98. The highest BCUT2D eigenvalue weighted by molar-refractivity contribution is 9.10. The van der Waals surface area contributed by atoms with Crippen LogP contribution in [0.5, 0.6) is 0 Å². The van der Waals surface area contributed by atoms with Gasteiger partial charge in [-0.2, -0.15) is 0 Å². The molecule has 1 N–H and O–H groups in total. The van der Waals surface area contributed by atoms with Gasteiger partial charge in [-0.05, 0) is 40.9 Å². The monoisotopic (exact) mass is 252 g/mol. The molecule has 1 fully saturated rings. The predicted molar refractivity (Wildman–Crippen MR) is 58.4 cm³/mol. The molecule has 0 bridgehead atoms. The number of benzene rings is 1. The van der Waals surface area contributed by atoms with Crippen LogP contribution in [0.15, 0.2) is 27.2 Å². The van der Waals surface area contributed by atoms with Crippen molar-refractivity contribution in [1.82, 2.24) is 5.16 Å². The molecule has 1 aliphatic carbocycles. The van der Waals surface area contributed by atoms with E-state index in [9.17, 15) is 0 Å². The van der Waals surface area contributed by atoms with Crippen LogP contribution in [0.4, 0.5) is 5.82 Å². The number of hydrogen-bond donors (Lipinski definition) is 1. The Morgan fingerprint density at radius 2 is 2.29 bits per heavy atom. The first-order chi connectivity index (χ1) is 6.84. The number of aromatic nitrogens is 1. The molecule has 0 amide bonds. The van der Waals surface area contributed by atoms with Crippen molar-refractivity contribution < 1.29 is 4.52 Å². The van der Waals surface area contributed by atoms with Gasteiger partial charge in [-0.3, -0.25) is 0 Å². The molecule has 0 saturated heterocycles. The van der Waals surface area contributed by atoms with E-state index in [4.69, 9.17) is 4.52 Å². The van der Waals surface area contributed by atoms with Crippen LogP contribution in [0.2, 0.25) is 0 Å². The first-order valence-electron chi connectivity index (χ1n) is 4.65. The van der Waals surface area contributed by atoms with Crippen molar-refractivity contribution >= 4 is 32.7 Å². The molecule has 3 rings (SSSR count). The Bertz CT molecular complexity index is 476. The van der Waals surface area contributed by atoms with Gasteiger partial charge in [0.2, 0.25) is 0 Å². The number of nitrogens with zero attached hydrogens (tertiary/aromatic N) is 1. The molecule has 0 unspecified atom stereocenters. The van der Waals surface area contributed by atoms with E-state index in [0.29, 0.717) is 6.04 Å². The van der Waals surface area contributed by atoms with Gasteiger partial charge in [0.1, 0.15) is 0 Å². The summed E-state index contributed by atoms with van der Waals surface area (Å²) in [7, 11) is 0. The minimum absolute atomic E-state index is 0.599. The summed E-state index contributed by atoms with van der Waals surface area (Å²) >= 11 is 3.43. The molecular weight excluding hydrogens is 244 g/mol. The van der Waals surface area contributed by atoms with Gasteiger partial charge in [-0.25, -0.2) is 0 Å². The van der Waals surface area contributed by atoms with E-state index in [-0.39, 0.29) is 0 Å². The molecule has 2 aromatic rings. The molecular formula is C10H9BrN2O. The second-order valence-corrected chi connectivity index (χ2v) is 4.42. The normalized spacial score (nSPS) is 16.1. The quantitative estimate of drug-likeness (QED) is 0.893. The molecule has 0 aliphatic heterocycles. The Morgan fingerprint density at radius 3 is 3.07 bits per heavy atom. The molecule has 1 heterocycles. The number of hydrogen-bond acceptors (Lipinski definition) is 3. The first-order valence-corrected chi connectivity index (χ1v) is 5.44. The number of fused-ring (bicyclic) bond motifs is 1. The number of anilines is 1. The van der Waals surface area contributed by atoms with Crippen molar-refractivity contribution in [2.24, 2.45) is 0 Å². The van der Waals surface area contributed by atoms with Crippen LogP contribution in [0.25, 0.3) is 11.0 Å². The van der Waals surface area contributed by atoms with Crippen molar-refractivity contribution in [3.8, 4) is 0 Å². The third kappa shape index (κ3) is 1.30. The van der Waals surface area contributed by atoms with Gasteiger partial charge in [0, 0.05) is 6.04 Å². The molecule has 0 spiro atoms. The Balaban J connectivity index is 2.10. The Hall–Kier alpha value is -1.03. The molecule has 4 heteroatoms. The predicted octanol–water partition coefficient (Wildman–Crippen LogP) is 3.16. The lowest BCUT2D eigenvalue weighted by atomic mass is 10.2. The fraction of sp³-hybridized carbons (Fsp3) is 0.300. The van der Waals surface area contributed by atoms with Crippen molar-refractivity contribution in [2.75, 3.05) is 5.32 Å². The third-order valence-electron chi connectivity index (χ3n) is 2.37. The maximum atomic E-state index is 5.25. The van der Waals surface area contributed by atoms with Gasteiger partial charge in [0.05, 0.1) is 9.86 Å².